The van der Waals surface area contributed by atoms with Crippen molar-refractivity contribution in [3.8, 4) is 17.1 Å². The molecule has 200 valence electrons. The van der Waals surface area contributed by atoms with Gasteiger partial charge in [0.15, 0.2) is 0 Å². The van der Waals surface area contributed by atoms with Gasteiger partial charge >= 0.3 is 11.9 Å². The maximum Gasteiger partial charge on any atom is 0.355 e. The van der Waals surface area contributed by atoms with Crippen LogP contribution in [0.3, 0.4) is 0 Å². The van der Waals surface area contributed by atoms with Crippen LogP contribution < -0.4 is 11.3 Å². The second-order valence-electron chi connectivity index (χ2n) is 10.6. The van der Waals surface area contributed by atoms with Crippen LogP contribution in [0.1, 0.15) is 36.5 Å². The number of hydrogen-bond donors (Lipinski definition) is 2. The van der Waals surface area contributed by atoms with Gasteiger partial charge < -0.3 is 24.9 Å². The van der Waals surface area contributed by atoms with E-state index < -0.39 is 31.3 Å². The first-order chi connectivity index (χ1) is 18.0. The van der Waals surface area contributed by atoms with Crippen LogP contribution in [-0.4, -0.2) is 46.2 Å². The highest BCUT2D eigenvalue weighted by Crippen LogP contribution is 2.41. The summed E-state index contributed by atoms with van der Waals surface area (Å²) in [6.45, 7) is 5.76. The van der Waals surface area contributed by atoms with Crippen LogP contribution >= 0.6 is 11.6 Å². The van der Waals surface area contributed by atoms with Crippen molar-refractivity contribution in [3.63, 3.8) is 0 Å². The molecule has 9 nitrogen and oxygen atoms in total. The third kappa shape index (κ3) is 4.11. The number of pyridine rings is 2. The van der Waals surface area contributed by atoms with Gasteiger partial charge in [-0.2, -0.15) is 0 Å². The van der Waals surface area contributed by atoms with E-state index in [2.05, 4.69) is 0 Å². The fourth-order valence-electron chi connectivity index (χ4n) is 5.36. The van der Waals surface area contributed by atoms with E-state index >= 15 is 0 Å². The fraction of sp³-hybridized carbons (Fsp3) is 0.407. The van der Waals surface area contributed by atoms with E-state index in [0.717, 1.165) is 23.4 Å². The smallest absolute Gasteiger partial charge is 0.355 e. The van der Waals surface area contributed by atoms with Crippen molar-refractivity contribution in [2.24, 2.45) is 5.73 Å². The number of aromatic nitrogens is 2. The third-order valence-corrected chi connectivity index (χ3v) is 11.6. The molecule has 2 aliphatic rings. The van der Waals surface area contributed by atoms with Crippen LogP contribution in [0.2, 0.25) is 19.1 Å². The van der Waals surface area contributed by atoms with Gasteiger partial charge in [-0.1, -0.05) is 26.1 Å². The van der Waals surface area contributed by atoms with Crippen molar-refractivity contribution in [1.82, 2.24) is 9.55 Å². The number of nitrogens with two attached hydrogens (primary N) is 1. The number of rotatable bonds is 7. The second-order valence-corrected chi connectivity index (χ2v) is 16.1. The number of carbonyl (C=O) groups is 2. The average molecular weight is 556 g/mol. The summed E-state index contributed by atoms with van der Waals surface area (Å²) < 4.78 is 13.0. The Kier molecular flexibility index (Phi) is 6.61. The lowest BCUT2D eigenvalue weighted by molar-refractivity contribution is -0.189. The molecule has 2 aliphatic heterocycles. The Balaban J connectivity index is 1.61. The molecule has 1 aromatic carbocycles. The Morgan fingerprint density at radius 3 is 2.79 bits per heavy atom. The molecular weight excluding hydrogens is 526 g/mol. The number of phenols is 1. The number of fused-ring (bicyclic) bond motifs is 5. The highest BCUT2D eigenvalue weighted by atomic mass is 35.5. The molecule has 4 heterocycles. The first kappa shape index (κ1) is 26.4. The number of cyclic esters (lactones) is 1. The van der Waals surface area contributed by atoms with E-state index in [1.54, 1.807) is 35.8 Å². The zero-order valence-electron chi connectivity index (χ0n) is 21.5. The molecule has 0 saturated carbocycles. The highest BCUT2D eigenvalue weighted by Gasteiger charge is 2.52. The molecule has 38 heavy (non-hydrogen) atoms. The van der Waals surface area contributed by atoms with Crippen LogP contribution in [-0.2, 0) is 37.8 Å². The van der Waals surface area contributed by atoms with E-state index in [1.165, 1.54) is 0 Å². The van der Waals surface area contributed by atoms with Crippen molar-refractivity contribution in [3.05, 3.63) is 57.4 Å². The molecule has 2 aromatic heterocycles. The van der Waals surface area contributed by atoms with Crippen molar-refractivity contribution < 1.29 is 24.2 Å². The number of carbonyl (C=O) groups excluding carboxylic acids is 2. The summed E-state index contributed by atoms with van der Waals surface area (Å²) in [5.41, 5.74) is 6.55. The summed E-state index contributed by atoms with van der Waals surface area (Å²) in [5, 5.41) is 10.6. The SMILES string of the molecule is CCC1(OC(=O)C(N)[Si](C)(C)CCCCl)C(=O)OCc2c1cc1n(c2=O)Cc2cc3cc(O)ccc3nc2-1. The maximum atomic E-state index is 13.7. The van der Waals surface area contributed by atoms with Gasteiger partial charge in [0.1, 0.15) is 12.4 Å². The molecular formula is C27H30ClN3O6Si. The number of ether oxygens (including phenoxy) is 2. The minimum Gasteiger partial charge on any atom is -0.508 e. The van der Waals surface area contributed by atoms with E-state index in [9.17, 15) is 19.5 Å². The van der Waals surface area contributed by atoms with Crippen LogP contribution in [0.15, 0.2) is 35.1 Å². The average Bonchev–Trinajstić information content (AvgIpc) is 3.25. The number of phenolic OH excluding ortho intramolecular Hbond substituents is 1. The summed E-state index contributed by atoms with van der Waals surface area (Å²) in [7, 11) is -2.27. The monoisotopic (exact) mass is 555 g/mol. The predicted octanol–water partition coefficient (Wildman–Crippen LogP) is 3.54. The van der Waals surface area contributed by atoms with E-state index in [0.29, 0.717) is 28.3 Å². The Bertz CT molecular complexity index is 1540. The molecule has 0 bridgehead atoms. The van der Waals surface area contributed by atoms with Gasteiger partial charge in [0, 0.05) is 22.4 Å². The molecule has 0 amide bonds. The molecule has 11 heteroatoms. The summed E-state index contributed by atoms with van der Waals surface area (Å²) >= 11 is 5.86. The van der Waals surface area contributed by atoms with Gasteiger partial charge in [0.25, 0.3) is 5.56 Å². The van der Waals surface area contributed by atoms with Gasteiger partial charge in [-0.15, -0.1) is 11.6 Å². The number of benzene rings is 1. The predicted molar refractivity (Wildman–Crippen MR) is 146 cm³/mol. The Labute approximate surface area is 225 Å². The van der Waals surface area contributed by atoms with Gasteiger partial charge in [-0.05, 0) is 43.2 Å². The van der Waals surface area contributed by atoms with Gasteiger partial charge in [-0.3, -0.25) is 9.59 Å². The van der Waals surface area contributed by atoms with Gasteiger partial charge in [0.05, 0.1) is 42.8 Å². The third-order valence-electron chi connectivity index (χ3n) is 7.78. The molecule has 0 radical (unpaired) electrons. The molecule has 0 fully saturated rings. The van der Waals surface area contributed by atoms with Crippen LogP contribution in [0.5, 0.6) is 5.75 Å². The molecule has 3 N–H and O–H groups in total. The zero-order valence-corrected chi connectivity index (χ0v) is 23.3. The van der Waals surface area contributed by atoms with E-state index in [4.69, 9.17) is 31.8 Å². The van der Waals surface area contributed by atoms with Crippen molar-refractivity contribution in [1.29, 1.82) is 0 Å². The van der Waals surface area contributed by atoms with E-state index in [1.807, 2.05) is 19.2 Å². The first-order valence-corrected chi connectivity index (χ1v) is 16.5. The molecule has 0 aliphatic carbocycles. The Morgan fingerprint density at radius 1 is 1.32 bits per heavy atom. The summed E-state index contributed by atoms with van der Waals surface area (Å²) in [6.07, 6.45) is 0.802. The van der Waals surface area contributed by atoms with Crippen molar-refractivity contribution >= 4 is 42.5 Å². The van der Waals surface area contributed by atoms with Crippen LogP contribution in [0.25, 0.3) is 22.3 Å². The number of hydrogen-bond acceptors (Lipinski definition) is 8. The van der Waals surface area contributed by atoms with Gasteiger partial charge in [-0.25, -0.2) is 9.78 Å². The minimum atomic E-state index is -2.27. The molecule has 3 aromatic rings. The highest BCUT2D eigenvalue weighted by molar-refractivity contribution is 6.81. The number of aromatic hydroxyl groups is 1. The molecule has 5 rings (SSSR count). The lowest BCUT2D eigenvalue weighted by Gasteiger charge is -2.37. The topological polar surface area (TPSA) is 134 Å². The van der Waals surface area contributed by atoms with Crippen molar-refractivity contribution in [2.45, 2.75) is 63.3 Å². The van der Waals surface area contributed by atoms with E-state index in [-0.39, 0.29) is 36.4 Å². The lowest BCUT2D eigenvalue weighted by Crippen LogP contribution is -2.57. The molecule has 0 spiro atoms. The quantitative estimate of drug-likeness (QED) is 0.201. The number of halogens is 1. The second kappa shape index (κ2) is 9.51. The number of alkyl halides is 1. The minimum absolute atomic E-state index is 0.0706. The number of esters is 2. The summed E-state index contributed by atoms with van der Waals surface area (Å²) in [5.74, 6) is -0.817. The van der Waals surface area contributed by atoms with Crippen LogP contribution in [0, 0.1) is 0 Å². The molecule has 0 saturated heterocycles. The number of nitrogens with zero attached hydrogens (tertiary/aromatic N) is 2. The maximum absolute atomic E-state index is 13.7. The molecule has 2 atom stereocenters. The van der Waals surface area contributed by atoms with Gasteiger partial charge in [0.2, 0.25) is 5.60 Å². The lowest BCUT2D eigenvalue weighted by atomic mass is 9.85. The standard InChI is InChI=1S/C27H30ClN3O6Si/c1-4-27(37-25(34)23(29)38(2,3)9-5-8-28)19-12-21-22-16(10-15-11-17(32)6-7-20(15)30-22)13-31(21)24(33)18(19)14-36-26(27)35/h6-7,10-12,23,32H,4-5,8-9,13-14,29H2,1-3H3. The summed E-state index contributed by atoms with van der Waals surface area (Å²) in [4.78, 5) is 45.0. The van der Waals surface area contributed by atoms with Crippen molar-refractivity contribution in [2.75, 3.05) is 5.88 Å². The zero-order chi connectivity index (χ0) is 27.4. The first-order valence-electron chi connectivity index (χ1n) is 12.6. The Hall–Kier alpha value is -3.21. The fourth-order valence-corrected chi connectivity index (χ4v) is 7.82. The Morgan fingerprint density at radius 2 is 2.08 bits per heavy atom. The normalized spacial score (nSPS) is 18.9. The largest absolute Gasteiger partial charge is 0.508 e. The van der Waals surface area contributed by atoms with Crippen LogP contribution in [0.4, 0.5) is 0 Å². The molecule has 2 unspecified atom stereocenters. The summed E-state index contributed by atoms with van der Waals surface area (Å²) in [6, 6.07) is 9.22.